The van der Waals surface area contributed by atoms with Crippen LogP contribution in [0.15, 0.2) is 34.7 Å². The molecule has 0 saturated carbocycles. The fourth-order valence-corrected chi connectivity index (χ4v) is 2.74. The first kappa shape index (κ1) is 16.0. The second-order valence-electron chi connectivity index (χ2n) is 5.50. The predicted octanol–water partition coefficient (Wildman–Crippen LogP) is 4.43. The van der Waals surface area contributed by atoms with Gasteiger partial charge in [0.2, 0.25) is 0 Å². The quantitative estimate of drug-likeness (QED) is 0.774. The number of nitrogens with zero attached hydrogens (tertiary/aromatic N) is 1. The van der Waals surface area contributed by atoms with Crippen molar-refractivity contribution in [2.24, 2.45) is 0 Å². The van der Waals surface area contributed by atoms with E-state index < -0.39 is 0 Å². The summed E-state index contributed by atoms with van der Waals surface area (Å²) in [5, 5.41) is 0. The van der Waals surface area contributed by atoms with E-state index in [0.29, 0.717) is 0 Å². The van der Waals surface area contributed by atoms with Crippen molar-refractivity contribution >= 4 is 23.9 Å². The molecule has 114 valence electrons. The van der Waals surface area contributed by atoms with Gasteiger partial charge in [0.05, 0.1) is 6.10 Å². The van der Waals surface area contributed by atoms with E-state index in [1.807, 2.05) is 13.8 Å². The molecule has 1 aromatic carbocycles. The van der Waals surface area contributed by atoms with Gasteiger partial charge in [0.25, 0.3) is 0 Å². The van der Waals surface area contributed by atoms with Crippen molar-refractivity contribution in [3.8, 4) is 0 Å². The van der Waals surface area contributed by atoms with Crippen LogP contribution in [0.2, 0.25) is 0 Å². The maximum absolute atomic E-state index is 11.8. The zero-order chi connectivity index (χ0) is 15.2. The number of amides is 1. The SMILES string of the molecule is CSc1ccc(C=C2CCN(C(=O)OC(C)C)CC2)cc1. The molecule has 0 atom stereocenters. The third-order valence-corrected chi connectivity index (χ3v) is 4.23. The number of ether oxygens (including phenoxy) is 1. The number of hydrogen-bond donors (Lipinski definition) is 0. The number of thioether (sulfide) groups is 1. The largest absolute Gasteiger partial charge is 0.447 e. The first-order valence-corrected chi connectivity index (χ1v) is 8.60. The minimum absolute atomic E-state index is 0.0515. The highest BCUT2D eigenvalue weighted by molar-refractivity contribution is 7.98. The van der Waals surface area contributed by atoms with Crippen molar-refractivity contribution < 1.29 is 9.53 Å². The molecule has 2 rings (SSSR count). The highest BCUT2D eigenvalue weighted by atomic mass is 32.2. The van der Waals surface area contributed by atoms with Gasteiger partial charge in [-0.1, -0.05) is 23.8 Å². The molecule has 1 heterocycles. The molecular formula is C17H23NO2S. The number of benzene rings is 1. The zero-order valence-electron chi connectivity index (χ0n) is 13.0. The standard InChI is InChI=1S/C17H23NO2S/c1-13(2)20-17(19)18-10-8-15(9-11-18)12-14-4-6-16(21-3)7-5-14/h4-7,12-13H,8-11H2,1-3H3. The molecule has 4 heteroatoms. The molecule has 3 nitrogen and oxygen atoms in total. The highest BCUT2D eigenvalue weighted by Gasteiger charge is 2.20. The Morgan fingerprint density at radius 1 is 1.24 bits per heavy atom. The number of carbonyl (C=O) groups excluding carboxylic acids is 1. The molecule has 1 aromatic rings. The van der Waals surface area contributed by atoms with E-state index in [9.17, 15) is 4.79 Å². The zero-order valence-corrected chi connectivity index (χ0v) is 13.8. The van der Waals surface area contributed by atoms with E-state index in [4.69, 9.17) is 4.74 Å². The summed E-state index contributed by atoms with van der Waals surface area (Å²) in [5.41, 5.74) is 2.64. The lowest BCUT2D eigenvalue weighted by atomic mass is 10.0. The summed E-state index contributed by atoms with van der Waals surface area (Å²) < 4.78 is 5.23. The minimum atomic E-state index is -0.187. The fourth-order valence-electron chi connectivity index (χ4n) is 2.33. The monoisotopic (exact) mass is 305 g/mol. The molecule has 0 spiro atoms. The molecule has 1 aliphatic rings. The Hall–Kier alpha value is -1.42. The molecule has 0 N–H and O–H groups in total. The third kappa shape index (κ3) is 4.81. The van der Waals surface area contributed by atoms with Crippen LogP contribution in [0.3, 0.4) is 0 Å². The van der Waals surface area contributed by atoms with Gasteiger partial charge < -0.3 is 9.64 Å². The molecule has 0 aromatic heterocycles. The van der Waals surface area contributed by atoms with E-state index in [-0.39, 0.29) is 12.2 Å². The average Bonchev–Trinajstić information content (AvgIpc) is 2.48. The summed E-state index contributed by atoms with van der Waals surface area (Å²) in [6.45, 7) is 5.26. The van der Waals surface area contributed by atoms with Crippen molar-refractivity contribution in [2.75, 3.05) is 19.3 Å². The maximum atomic E-state index is 11.8. The second-order valence-corrected chi connectivity index (χ2v) is 6.37. The van der Waals surface area contributed by atoms with Crippen molar-refractivity contribution in [1.29, 1.82) is 0 Å². The van der Waals surface area contributed by atoms with Gasteiger partial charge in [-0.15, -0.1) is 11.8 Å². The molecule has 1 aliphatic heterocycles. The van der Waals surface area contributed by atoms with Crippen LogP contribution in [0.5, 0.6) is 0 Å². The normalized spacial score (nSPS) is 15.2. The van der Waals surface area contributed by atoms with E-state index in [0.717, 1.165) is 25.9 Å². The molecule has 0 radical (unpaired) electrons. The van der Waals surface area contributed by atoms with Gasteiger partial charge in [0.15, 0.2) is 0 Å². The molecule has 0 aliphatic carbocycles. The van der Waals surface area contributed by atoms with E-state index >= 15 is 0 Å². The van der Waals surface area contributed by atoms with Crippen LogP contribution in [-0.2, 0) is 4.74 Å². The van der Waals surface area contributed by atoms with Gasteiger partial charge in [-0.2, -0.15) is 0 Å². The molecular weight excluding hydrogens is 282 g/mol. The van der Waals surface area contributed by atoms with E-state index in [2.05, 4.69) is 36.6 Å². The van der Waals surface area contributed by atoms with Gasteiger partial charge in [0.1, 0.15) is 0 Å². The lowest BCUT2D eigenvalue weighted by molar-refractivity contribution is 0.0746. The third-order valence-electron chi connectivity index (χ3n) is 3.49. The first-order valence-electron chi connectivity index (χ1n) is 7.37. The summed E-state index contributed by atoms with van der Waals surface area (Å²) >= 11 is 1.75. The molecule has 21 heavy (non-hydrogen) atoms. The summed E-state index contributed by atoms with van der Waals surface area (Å²) in [6.07, 6.45) is 5.95. The Balaban J connectivity index is 1.90. The predicted molar refractivity (Wildman–Crippen MR) is 88.6 cm³/mol. The molecule has 0 bridgehead atoms. The number of piperidine rings is 1. The lowest BCUT2D eigenvalue weighted by Gasteiger charge is -2.28. The summed E-state index contributed by atoms with van der Waals surface area (Å²) in [4.78, 5) is 14.9. The number of likely N-dealkylation sites (tertiary alicyclic amines) is 1. The van der Waals surface area contributed by atoms with Crippen LogP contribution in [0.4, 0.5) is 4.79 Å². The molecule has 1 amide bonds. The minimum Gasteiger partial charge on any atom is -0.447 e. The van der Waals surface area contributed by atoms with E-state index in [1.165, 1.54) is 16.0 Å². The topological polar surface area (TPSA) is 29.5 Å². The molecule has 0 unspecified atom stereocenters. The Morgan fingerprint density at radius 2 is 1.86 bits per heavy atom. The van der Waals surface area contributed by atoms with Crippen LogP contribution in [0.1, 0.15) is 32.3 Å². The van der Waals surface area contributed by atoms with Crippen molar-refractivity contribution in [3.05, 3.63) is 35.4 Å². The highest BCUT2D eigenvalue weighted by Crippen LogP contribution is 2.22. The Kier molecular flexibility index (Phi) is 5.74. The number of hydrogen-bond acceptors (Lipinski definition) is 3. The van der Waals surface area contributed by atoms with Gasteiger partial charge in [-0.05, 0) is 50.6 Å². The Bertz CT molecular complexity index is 498. The van der Waals surface area contributed by atoms with Crippen molar-refractivity contribution in [2.45, 2.75) is 37.7 Å². The Morgan fingerprint density at radius 3 is 2.38 bits per heavy atom. The fraction of sp³-hybridized carbons (Fsp3) is 0.471. The van der Waals surface area contributed by atoms with Crippen molar-refractivity contribution in [1.82, 2.24) is 4.90 Å². The van der Waals surface area contributed by atoms with E-state index in [1.54, 1.807) is 16.7 Å². The van der Waals surface area contributed by atoms with Crippen LogP contribution in [0, 0.1) is 0 Å². The van der Waals surface area contributed by atoms with Crippen LogP contribution in [-0.4, -0.2) is 36.4 Å². The lowest BCUT2D eigenvalue weighted by Crippen LogP contribution is -2.37. The average molecular weight is 305 g/mol. The summed E-state index contributed by atoms with van der Waals surface area (Å²) in [5.74, 6) is 0. The van der Waals surface area contributed by atoms with Gasteiger partial charge in [0, 0.05) is 18.0 Å². The van der Waals surface area contributed by atoms with Crippen LogP contribution < -0.4 is 0 Å². The van der Waals surface area contributed by atoms with Gasteiger partial charge >= 0.3 is 6.09 Å². The number of rotatable bonds is 3. The molecule has 1 fully saturated rings. The number of carbonyl (C=O) groups is 1. The van der Waals surface area contributed by atoms with Gasteiger partial charge in [-0.25, -0.2) is 4.79 Å². The first-order chi connectivity index (χ1) is 10.1. The van der Waals surface area contributed by atoms with Crippen LogP contribution in [0.25, 0.3) is 6.08 Å². The second kappa shape index (κ2) is 7.55. The molecule has 1 saturated heterocycles. The van der Waals surface area contributed by atoms with Crippen molar-refractivity contribution in [3.63, 3.8) is 0 Å². The van der Waals surface area contributed by atoms with Gasteiger partial charge in [-0.3, -0.25) is 0 Å². The van der Waals surface area contributed by atoms with Crippen LogP contribution >= 0.6 is 11.8 Å². The summed E-state index contributed by atoms with van der Waals surface area (Å²) in [7, 11) is 0. The smallest absolute Gasteiger partial charge is 0.410 e. The Labute approximate surface area is 131 Å². The summed E-state index contributed by atoms with van der Waals surface area (Å²) in [6, 6.07) is 8.59. The maximum Gasteiger partial charge on any atom is 0.410 e.